The van der Waals surface area contributed by atoms with Crippen LogP contribution in [0.1, 0.15) is 17.5 Å². The molecule has 1 amide bonds. The van der Waals surface area contributed by atoms with E-state index in [-0.39, 0.29) is 24.9 Å². The van der Waals surface area contributed by atoms with E-state index in [0.717, 1.165) is 12.1 Å². The van der Waals surface area contributed by atoms with Crippen molar-refractivity contribution in [2.75, 3.05) is 19.8 Å². The van der Waals surface area contributed by atoms with Gasteiger partial charge in [-0.2, -0.15) is 13.2 Å². The Morgan fingerprint density at radius 1 is 1.43 bits per heavy atom. The second kappa shape index (κ2) is 6.91. The van der Waals surface area contributed by atoms with E-state index < -0.39 is 11.7 Å². The fourth-order valence-corrected chi connectivity index (χ4v) is 2.11. The van der Waals surface area contributed by atoms with Crippen molar-refractivity contribution >= 4 is 5.91 Å². The third kappa shape index (κ3) is 5.02. The first-order chi connectivity index (χ1) is 9.95. The Morgan fingerprint density at radius 3 is 2.90 bits per heavy atom. The van der Waals surface area contributed by atoms with E-state index in [1.807, 2.05) is 0 Å². The van der Waals surface area contributed by atoms with Gasteiger partial charge in [0.1, 0.15) is 0 Å². The van der Waals surface area contributed by atoms with E-state index >= 15 is 0 Å². The van der Waals surface area contributed by atoms with E-state index in [9.17, 15) is 18.0 Å². The predicted molar refractivity (Wildman–Crippen MR) is 70.5 cm³/mol. The van der Waals surface area contributed by atoms with Crippen LogP contribution < -0.4 is 10.6 Å². The van der Waals surface area contributed by atoms with Crippen LogP contribution in [0.2, 0.25) is 0 Å². The summed E-state index contributed by atoms with van der Waals surface area (Å²) < 4.78 is 42.9. The highest BCUT2D eigenvalue weighted by atomic mass is 19.4. The second-order valence-electron chi connectivity index (χ2n) is 4.90. The molecule has 116 valence electrons. The summed E-state index contributed by atoms with van der Waals surface area (Å²) in [5, 5.41) is 5.77. The van der Waals surface area contributed by atoms with Gasteiger partial charge in [0.25, 0.3) is 0 Å². The van der Waals surface area contributed by atoms with Gasteiger partial charge in [-0.15, -0.1) is 0 Å². The number of carbonyl (C=O) groups is 1. The molecule has 0 aromatic heterocycles. The summed E-state index contributed by atoms with van der Waals surface area (Å²) >= 11 is 0. The molecule has 0 saturated carbocycles. The maximum Gasteiger partial charge on any atom is 0.416 e. The van der Waals surface area contributed by atoms with Gasteiger partial charge in [-0.05, 0) is 17.7 Å². The van der Waals surface area contributed by atoms with Crippen molar-refractivity contribution in [1.82, 2.24) is 10.6 Å². The fourth-order valence-electron chi connectivity index (χ4n) is 2.11. The number of hydrogen-bond acceptors (Lipinski definition) is 3. The number of amides is 1. The first kappa shape index (κ1) is 15.8. The van der Waals surface area contributed by atoms with Crippen LogP contribution >= 0.6 is 0 Å². The molecule has 1 aromatic rings. The van der Waals surface area contributed by atoms with Crippen molar-refractivity contribution < 1.29 is 22.7 Å². The van der Waals surface area contributed by atoms with Crippen molar-refractivity contribution in [2.24, 2.45) is 0 Å². The van der Waals surface area contributed by atoms with Crippen molar-refractivity contribution in [2.45, 2.75) is 25.2 Å². The first-order valence-electron chi connectivity index (χ1n) is 6.69. The molecule has 0 radical (unpaired) electrons. The average Bonchev–Trinajstić information content (AvgIpc) is 2.46. The number of benzene rings is 1. The lowest BCUT2D eigenvalue weighted by Crippen LogP contribution is -2.44. The molecule has 1 unspecified atom stereocenters. The highest BCUT2D eigenvalue weighted by molar-refractivity contribution is 5.76. The molecule has 0 spiro atoms. The number of ether oxygens (including phenoxy) is 1. The van der Waals surface area contributed by atoms with Crippen LogP contribution in [0.5, 0.6) is 0 Å². The van der Waals surface area contributed by atoms with Crippen molar-refractivity contribution in [3.8, 4) is 0 Å². The van der Waals surface area contributed by atoms with Gasteiger partial charge in [-0.3, -0.25) is 4.79 Å². The Bertz CT molecular complexity index is 485. The molecule has 2 N–H and O–H groups in total. The number of alkyl halides is 3. The van der Waals surface area contributed by atoms with E-state index in [2.05, 4.69) is 10.6 Å². The Balaban J connectivity index is 1.83. The minimum atomic E-state index is -4.37. The second-order valence-corrected chi connectivity index (χ2v) is 4.90. The molecule has 1 aliphatic rings. The number of rotatable bonds is 4. The van der Waals surface area contributed by atoms with Crippen LogP contribution in [-0.2, 0) is 22.3 Å². The van der Waals surface area contributed by atoms with Gasteiger partial charge in [-0.25, -0.2) is 0 Å². The Morgan fingerprint density at radius 2 is 2.24 bits per heavy atom. The molecule has 1 saturated heterocycles. The number of morpholine rings is 1. The monoisotopic (exact) mass is 302 g/mol. The smallest absolute Gasteiger partial charge is 0.378 e. The predicted octanol–water partition coefficient (Wildman–Crippen LogP) is 1.70. The van der Waals surface area contributed by atoms with Gasteiger partial charge < -0.3 is 15.4 Å². The maximum atomic E-state index is 12.6. The van der Waals surface area contributed by atoms with Crippen LogP contribution in [0.25, 0.3) is 0 Å². The van der Waals surface area contributed by atoms with Gasteiger partial charge in [0.2, 0.25) is 5.91 Å². The SMILES string of the molecule is O=C(CC1COCCN1)NCc1cccc(C(F)(F)F)c1. The number of nitrogens with one attached hydrogen (secondary N) is 2. The highest BCUT2D eigenvalue weighted by Crippen LogP contribution is 2.29. The zero-order chi connectivity index (χ0) is 15.3. The van der Waals surface area contributed by atoms with E-state index in [1.165, 1.54) is 6.07 Å². The molecular formula is C14H17F3N2O2. The minimum absolute atomic E-state index is 0.0414. The third-order valence-electron chi connectivity index (χ3n) is 3.17. The Hall–Kier alpha value is -1.60. The summed E-state index contributed by atoms with van der Waals surface area (Å²) in [6.45, 7) is 1.88. The number of halogens is 3. The van der Waals surface area contributed by atoms with Crippen LogP contribution in [0.3, 0.4) is 0 Å². The zero-order valence-corrected chi connectivity index (χ0v) is 11.4. The molecule has 2 rings (SSSR count). The minimum Gasteiger partial charge on any atom is -0.378 e. The molecule has 1 aliphatic heterocycles. The number of carbonyl (C=O) groups excluding carboxylic acids is 1. The van der Waals surface area contributed by atoms with E-state index in [1.54, 1.807) is 6.07 Å². The largest absolute Gasteiger partial charge is 0.416 e. The Kier molecular flexibility index (Phi) is 5.19. The third-order valence-corrected chi connectivity index (χ3v) is 3.17. The van der Waals surface area contributed by atoms with E-state index in [4.69, 9.17) is 4.74 Å². The van der Waals surface area contributed by atoms with Crippen molar-refractivity contribution in [3.05, 3.63) is 35.4 Å². The van der Waals surface area contributed by atoms with Gasteiger partial charge in [0.05, 0.1) is 18.8 Å². The normalized spacial score (nSPS) is 19.3. The summed E-state index contributed by atoms with van der Waals surface area (Å²) in [5.41, 5.74) is -0.289. The topological polar surface area (TPSA) is 50.4 Å². The molecule has 21 heavy (non-hydrogen) atoms. The number of hydrogen-bond donors (Lipinski definition) is 2. The van der Waals surface area contributed by atoms with Crippen LogP contribution in [-0.4, -0.2) is 31.7 Å². The molecule has 0 bridgehead atoms. The maximum absolute atomic E-state index is 12.6. The molecular weight excluding hydrogens is 285 g/mol. The lowest BCUT2D eigenvalue weighted by molar-refractivity contribution is -0.137. The molecule has 1 aromatic carbocycles. The molecule has 4 nitrogen and oxygen atoms in total. The first-order valence-corrected chi connectivity index (χ1v) is 6.69. The summed E-state index contributed by atoms with van der Waals surface area (Å²) in [5.74, 6) is -0.213. The lowest BCUT2D eigenvalue weighted by Gasteiger charge is -2.23. The average molecular weight is 302 g/mol. The lowest BCUT2D eigenvalue weighted by atomic mass is 10.1. The quantitative estimate of drug-likeness (QED) is 0.890. The molecule has 0 aliphatic carbocycles. The summed E-state index contributed by atoms with van der Waals surface area (Å²) in [7, 11) is 0. The van der Waals surface area contributed by atoms with Gasteiger partial charge >= 0.3 is 6.18 Å². The van der Waals surface area contributed by atoms with Gasteiger partial charge in [0.15, 0.2) is 0 Å². The molecule has 1 atom stereocenters. The van der Waals surface area contributed by atoms with Crippen LogP contribution in [0.15, 0.2) is 24.3 Å². The van der Waals surface area contributed by atoms with Gasteiger partial charge in [-0.1, -0.05) is 12.1 Å². The highest BCUT2D eigenvalue weighted by Gasteiger charge is 2.30. The summed E-state index contributed by atoms with van der Waals surface area (Å²) in [4.78, 5) is 11.7. The molecule has 1 fully saturated rings. The van der Waals surface area contributed by atoms with Crippen molar-refractivity contribution in [3.63, 3.8) is 0 Å². The summed E-state index contributed by atoms with van der Waals surface area (Å²) in [6, 6.07) is 4.90. The Labute approximate surface area is 120 Å². The molecule has 7 heteroatoms. The van der Waals surface area contributed by atoms with Crippen LogP contribution in [0.4, 0.5) is 13.2 Å². The standard InChI is InChI=1S/C14H17F3N2O2/c15-14(16,17)11-3-1-2-10(6-11)8-19-13(20)7-12-9-21-5-4-18-12/h1-3,6,12,18H,4-5,7-9H2,(H,19,20). The van der Waals surface area contributed by atoms with E-state index in [0.29, 0.717) is 25.3 Å². The van der Waals surface area contributed by atoms with Crippen LogP contribution in [0, 0.1) is 0 Å². The zero-order valence-electron chi connectivity index (χ0n) is 11.4. The fraction of sp³-hybridized carbons (Fsp3) is 0.500. The molecule has 1 heterocycles. The van der Waals surface area contributed by atoms with Gasteiger partial charge in [0, 0.05) is 25.6 Å². The van der Waals surface area contributed by atoms with Crippen molar-refractivity contribution in [1.29, 1.82) is 0 Å². The summed E-state index contributed by atoms with van der Waals surface area (Å²) in [6.07, 6.45) is -4.12.